The average Bonchev–Trinajstić information content (AvgIpc) is 3.47. The second-order valence-corrected chi connectivity index (χ2v) is 9.01. The summed E-state index contributed by atoms with van der Waals surface area (Å²) in [6.07, 6.45) is 9.25. The lowest BCUT2D eigenvalue weighted by molar-refractivity contribution is 0.461. The van der Waals surface area contributed by atoms with Gasteiger partial charge in [-0.2, -0.15) is 0 Å². The van der Waals surface area contributed by atoms with Crippen LogP contribution >= 0.6 is 12.2 Å². The lowest BCUT2D eigenvalue weighted by atomic mass is 9.99. The largest absolute Gasteiger partial charge is 0.351 e. The van der Waals surface area contributed by atoms with Crippen LogP contribution in [0.3, 0.4) is 0 Å². The Morgan fingerprint density at radius 1 is 1.00 bits per heavy atom. The molecule has 5 rings (SSSR count). The van der Waals surface area contributed by atoms with E-state index < -0.39 is 0 Å². The number of nitrogens with zero attached hydrogens (tertiary/aromatic N) is 3. The summed E-state index contributed by atoms with van der Waals surface area (Å²) < 4.78 is 2.50. The van der Waals surface area contributed by atoms with E-state index in [4.69, 9.17) is 12.2 Å². The van der Waals surface area contributed by atoms with Crippen molar-refractivity contribution < 1.29 is 0 Å². The first-order valence-electron chi connectivity index (χ1n) is 10.9. The maximum Gasteiger partial charge on any atom is 0.174 e. The Morgan fingerprint density at radius 2 is 1.77 bits per heavy atom. The number of pyridine rings is 1. The van der Waals surface area contributed by atoms with E-state index >= 15 is 0 Å². The number of benzene rings is 1. The summed E-state index contributed by atoms with van der Waals surface area (Å²) in [4.78, 5) is 6.99. The zero-order valence-electron chi connectivity index (χ0n) is 17.6. The standard InChI is InChI=1S/C25H28N4S/c1-17-14-18(2)16-20(15-17)29-24(22-11-7-13-28(22)19-8-3-4-9-19)23(27-25(29)30)21-10-5-6-12-26-21/h5-7,10-16,19,23-24H,3-4,8-9H2,1-2H3,(H,27,30)/t23-,24+/m1/s1. The molecule has 3 aromatic rings. The Balaban J connectivity index is 1.65. The predicted octanol–water partition coefficient (Wildman–Crippen LogP) is 5.79. The van der Waals surface area contributed by atoms with E-state index in [0.717, 1.165) is 16.5 Å². The number of aromatic nitrogens is 2. The minimum absolute atomic E-state index is 0.00886. The van der Waals surface area contributed by atoms with Crippen molar-refractivity contribution >= 4 is 23.0 Å². The van der Waals surface area contributed by atoms with Gasteiger partial charge in [-0.1, -0.05) is 25.0 Å². The molecule has 1 aliphatic heterocycles. The van der Waals surface area contributed by atoms with E-state index in [1.807, 2.05) is 12.3 Å². The molecule has 0 unspecified atom stereocenters. The lowest BCUT2D eigenvalue weighted by Gasteiger charge is -2.30. The normalized spacial score (nSPS) is 21.9. The first-order chi connectivity index (χ1) is 14.6. The highest BCUT2D eigenvalue weighted by atomic mass is 32.1. The summed E-state index contributed by atoms with van der Waals surface area (Å²) >= 11 is 5.89. The van der Waals surface area contributed by atoms with Crippen LogP contribution in [0.4, 0.5) is 5.69 Å². The molecule has 5 heteroatoms. The molecule has 1 N–H and O–H groups in total. The topological polar surface area (TPSA) is 33.1 Å². The van der Waals surface area contributed by atoms with Gasteiger partial charge in [0, 0.05) is 29.8 Å². The second kappa shape index (κ2) is 7.88. The molecule has 2 fully saturated rings. The predicted molar refractivity (Wildman–Crippen MR) is 126 cm³/mol. The third-order valence-corrected chi connectivity index (χ3v) is 6.73. The molecule has 2 atom stereocenters. The molecular weight excluding hydrogens is 388 g/mol. The van der Waals surface area contributed by atoms with Gasteiger partial charge in [0.05, 0.1) is 11.7 Å². The minimum atomic E-state index is 0.00886. The van der Waals surface area contributed by atoms with Crippen molar-refractivity contribution in [1.82, 2.24) is 14.9 Å². The van der Waals surface area contributed by atoms with Crippen molar-refractivity contribution in [3.63, 3.8) is 0 Å². The maximum absolute atomic E-state index is 5.89. The van der Waals surface area contributed by atoms with Crippen LogP contribution in [0.2, 0.25) is 0 Å². The van der Waals surface area contributed by atoms with Crippen LogP contribution in [0.1, 0.15) is 66.3 Å². The number of hydrogen-bond donors (Lipinski definition) is 1. The van der Waals surface area contributed by atoms with Gasteiger partial charge < -0.3 is 14.8 Å². The van der Waals surface area contributed by atoms with Crippen LogP contribution in [0.15, 0.2) is 60.9 Å². The minimum Gasteiger partial charge on any atom is -0.351 e. The third-order valence-electron chi connectivity index (χ3n) is 6.42. The SMILES string of the molecule is Cc1cc(C)cc(N2C(=S)N[C@H](c3ccccn3)[C@@H]2c2cccn2C2CCCC2)c1. The maximum atomic E-state index is 5.89. The Kier molecular flexibility index (Phi) is 5.07. The smallest absolute Gasteiger partial charge is 0.174 e. The quantitative estimate of drug-likeness (QED) is 0.546. The van der Waals surface area contributed by atoms with E-state index in [0.29, 0.717) is 6.04 Å². The van der Waals surface area contributed by atoms with Crippen molar-refractivity contribution in [2.24, 2.45) is 0 Å². The van der Waals surface area contributed by atoms with Gasteiger partial charge in [0.1, 0.15) is 6.04 Å². The molecule has 4 nitrogen and oxygen atoms in total. The molecule has 0 bridgehead atoms. The Morgan fingerprint density at radius 3 is 2.47 bits per heavy atom. The van der Waals surface area contributed by atoms with Crippen LogP contribution < -0.4 is 10.2 Å². The van der Waals surface area contributed by atoms with Crippen LogP contribution in [-0.2, 0) is 0 Å². The average molecular weight is 417 g/mol. The van der Waals surface area contributed by atoms with Gasteiger partial charge in [0.25, 0.3) is 0 Å². The Labute approximate surface area is 183 Å². The molecule has 0 amide bonds. The van der Waals surface area contributed by atoms with Gasteiger partial charge in [0.2, 0.25) is 0 Å². The molecule has 2 aliphatic rings. The summed E-state index contributed by atoms with van der Waals surface area (Å²) in [5.41, 5.74) is 5.98. The molecule has 2 aromatic heterocycles. The molecule has 154 valence electrons. The Bertz CT molecular complexity index is 1030. The number of thiocarbonyl (C=S) groups is 1. The number of anilines is 1. The number of rotatable bonds is 4. The molecule has 3 heterocycles. The zero-order chi connectivity index (χ0) is 20.7. The molecule has 0 spiro atoms. The summed E-state index contributed by atoms with van der Waals surface area (Å²) in [5.74, 6) is 0. The highest BCUT2D eigenvalue weighted by Gasteiger charge is 2.42. The molecule has 1 aliphatic carbocycles. The first kappa shape index (κ1) is 19.3. The van der Waals surface area contributed by atoms with Crippen LogP contribution in [-0.4, -0.2) is 14.7 Å². The second-order valence-electron chi connectivity index (χ2n) is 8.62. The van der Waals surface area contributed by atoms with Crippen molar-refractivity contribution in [1.29, 1.82) is 0 Å². The Hall–Kier alpha value is -2.66. The van der Waals surface area contributed by atoms with Gasteiger partial charge in [0.15, 0.2) is 5.11 Å². The highest BCUT2D eigenvalue weighted by molar-refractivity contribution is 7.80. The van der Waals surface area contributed by atoms with Crippen molar-refractivity contribution in [3.8, 4) is 0 Å². The molecule has 1 saturated heterocycles. The number of aryl methyl sites for hydroxylation is 2. The zero-order valence-corrected chi connectivity index (χ0v) is 18.4. The van der Waals surface area contributed by atoms with Gasteiger partial charge in [-0.15, -0.1) is 0 Å². The number of nitrogens with one attached hydrogen (secondary N) is 1. The number of hydrogen-bond acceptors (Lipinski definition) is 2. The van der Waals surface area contributed by atoms with Crippen LogP contribution in [0.25, 0.3) is 0 Å². The van der Waals surface area contributed by atoms with Gasteiger partial charge in [-0.3, -0.25) is 4.98 Å². The molecule has 0 radical (unpaired) electrons. The molecule has 1 saturated carbocycles. The molecule has 30 heavy (non-hydrogen) atoms. The van der Waals surface area contributed by atoms with Gasteiger partial charge >= 0.3 is 0 Å². The van der Waals surface area contributed by atoms with E-state index in [1.165, 1.54) is 42.5 Å². The van der Waals surface area contributed by atoms with Gasteiger partial charge in [-0.05, 0) is 86.4 Å². The van der Waals surface area contributed by atoms with Gasteiger partial charge in [-0.25, -0.2) is 0 Å². The van der Waals surface area contributed by atoms with Crippen molar-refractivity contribution in [2.75, 3.05) is 4.90 Å². The van der Waals surface area contributed by atoms with Crippen molar-refractivity contribution in [2.45, 2.75) is 57.7 Å². The molecule has 1 aromatic carbocycles. The third kappa shape index (κ3) is 3.41. The first-order valence-corrected chi connectivity index (χ1v) is 11.3. The summed E-state index contributed by atoms with van der Waals surface area (Å²) in [6, 6.07) is 17.9. The van der Waals surface area contributed by atoms with Crippen LogP contribution in [0.5, 0.6) is 0 Å². The van der Waals surface area contributed by atoms with E-state index in [1.54, 1.807) is 0 Å². The van der Waals surface area contributed by atoms with Crippen molar-refractivity contribution in [3.05, 3.63) is 83.4 Å². The van der Waals surface area contributed by atoms with Crippen LogP contribution in [0, 0.1) is 13.8 Å². The molecular formula is C25H28N4S. The fraction of sp³-hybridized carbons (Fsp3) is 0.360. The van der Waals surface area contributed by atoms with E-state index in [9.17, 15) is 0 Å². The summed E-state index contributed by atoms with van der Waals surface area (Å²) in [6.45, 7) is 4.30. The lowest BCUT2D eigenvalue weighted by Crippen LogP contribution is -2.30. The fourth-order valence-corrected chi connectivity index (χ4v) is 5.54. The summed E-state index contributed by atoms with van der Waals surface area (Å²) in [7, 11) is 0. The van der Waals surface area contributed by atoms with E-state index in [2.05, 4.69) is 82.3 Å². The highest BCUT2D eigenvalue weighted by Crippen LogP contribution is 2.44. The summed E-state index contributed by atoms with van der Waals surface area (Å²) in [5, 5.41) is 4.36. The monoisotopic (exact) mass is 416 g/mol. The fourth-order valence-electron chi connectivity index (χ4n) is 5.20. The van der Waals surface area contributed by atoms with E-state index in [-0.39, 0.29) is 12.1 Å².